The van der Waals surface area contributed by atoms with Crippen molar-refractivity contribution in [2.45, 2.75) is 74.5 Å². The van der Waals surface area contributed by atoms with Crippen LogP contribution in [0, 0.1) is 0 Å². The maximum atomic E-state index is 13.6. The SMILES string of the molecule is C=CCCCC(C(CCCCCC)OC(=O)c1ccccc1)S(=O)(=O)c1ccccc1. The Morgan fingerprint density at radius 2 is 1.58 bits per heavy atom. The van der Waals surface area contributed by atoms with Gasteiger partial charge in [0.15, 0.2) is 9.84 Å². The molecule has 0 aromatic heterocycles. The molecule has 0 N–H and O–H groups in total. The van der Waals surface area contributed by atoms with Crippen LogP contribution in [0.1, 0.15) is 68.6 Å². The molecule has 4 nitrogen and oxygen atoms in total. The molecule has 0 aliphatic heterocycles. The largest absolute Gasteiger partial charge is 0.457 e. The molecule has 0 heterocycles. The minimum atomic E-state index is -3.66. The summed E-state index contributed by atoms with van der Waals surface area (Å²) in [4.78, 5) is 13.1. The van der Waals surface area contributed by atoms with E-state index in [1.54, 1.807) is 60.7 Å². The topological polar surface area (TPSA) is 60.4 Å². The molecule has 0 radical (unpaired) electrons. The maximum Gasteiger partial charge on any atom is 0.338 e. The molecule has 0 aliphatic carbocycles. The highest BCUT2D eigenvalue weighted by molar-refractivity contribution is 7.92. The minimum Gasteiger partial charge on any atom is -0.457 e. The predicted molar refractivity (Wildman–Crippen MR) is 126 cm³/mol. The lowest BCUT2D eigenvalue weighted by Gasteiger charge is -2.27. The predicted octanol–water partition coefficient (Wildman–Crippen LogP) is 6.38. The quantitative estimate of drug-likeness (QED) is 0.193. The standard InChI is InChI=1S/C26H34O4S/c1-3-5-7-15-20-24(30-26(27)22-16-11-8-12-17-22)25(21-10-6-4-2)31(28,29)23-18-13-9-14-19-23/h4,8-9,11-14,16-19,24-25H,2-3,5-7,10,15,20-21H2,1H3. The minimum absolute atomic E-state index is 0.271. The molecule has 0 saturated heterocycles. The lowest BCUT2D eigenvalue weighted by Crippen LogP contribution is -2.38. The number of esters is 1. The molecule has 0 saturated carbocycles. The highest BCUT2D eigenvalue weighted by atomic mass is 32.2. The third kappa shape index (κ3) is 7.66. The Morgan fingerprint density at radius 3 is 2.19 bits per heavy atom. The number of rotatable bonds is 14. The van der Waals surface area contributed by atoms with Crippen molar-refractivity contribution in [1.82, 2.24) is 0 Å². The summed E-state index contributed by atoms with van der Waals surface area (Å²) in [5, 5.41) is -0.788. The van der Waals surface area contributed by atoms with Gasteiger partial charge in [-0.15, -0.1) is 6.58 Å². The zero-order valence-electron chi connectivity index (χ0n) is 18.4. The molecule has 0 aliphatic rings. The molecule has 31 heavy (non-hydrogen) atoms. The highest BCUT2D eigenvalue weighted by Gasteiger charge is 2.36. The lowest BCUT2D eigenvalue weighted by molar-refractivity contribution is 0.0259. The van der Waals surface area contributed by atoms with E-state index < -0.39 is 27.2 Å². The second kappa shape index (κ2) is 13.1. The number of unbranched alkanes of at least 4 members (excludes halogenated alkanes) is 4. The van der Waals surface area contributed by atoms with Crippen molar-refractivity contribution < 1.29 is 17.9 Å². The van der Waals surface area contributed by atoms with Gasteiger partial charge in [-0.25, -0.2) is 13.2 Å². The van der Waals surface area contributed by atoms with Crippen molar-refractivity contribution >= 4 is 15.8 Å². The molecule has 2 aromatic rings. The van der Waals surface area contributed by atoms with Crippen molar-refractivity contribution in [1.29, 1.82) is 0 Å². The summed E-state index contributed by atoms with van der Waals surface area (Å²) in [5.74, 6) is -0.474. The highest BCUT2D eigenvalue weighted by Crippen LogP contribution is 2.28. The van der Waals surface area contributed by atoms with Crippen LogP contribution in [0.15, 0.2) is 78.2 Å². The third-order valence-corrected chi connectivity index (χ3v) is 7.66. The van der Waals surface area contributed by atoms with E-state index in [0.717, 1.165) is 32.1 Å². The summed E-state index contributed by atoms with van der Waals surface area (Å²) in [7, 11) is -3.66. The first kappa shape index (κ1) is 24.9. The number of hydrogen-bond acceptors (Lipinski definition) is 4. The molecule has 0 amide bonds. The monoisotopic (exact) mass is 442 g/mol. The zero-order valence-corrected chi connectivity index (χ0v) is 19.2. The summed E-state index contributed by atoms with van der Waals surface area (Å²) in [6.07, 6.45) is 7.41. The summed E-state index contributed by atoms with van der Waals surface area (Å²) in [5.41, 5.74) is 0.433. The molecular formula is C26H34O4S. The molecule has 2 atom stereocenters. The zero-order chi connectivity index (χ0) is 22.5. The average molecular weight is 443 g/mol. The number of sulfone groups is 1. The van der Waals surface area contributed by atoms with Crippen LogP contribution in [0.3, 0.4) is 0 Å². The van der Waals surface area contributed by atoms with Crippen molar-refractivity contribution in [3.05, 3.63) is 78.9 Å². The van der Waals surface area contributed by atoms with Crippen LogP contribution in [0.5, 0.6) is 0 Å². The Bertz CT molecular complexity index is 892. The average Bonchev–Trinajstić information content (AvgIpc) is 2.80. The number of ether oxygens (including phenoxy) is 1. The summed E-state index contributed by atoms with van der Waals surface area (Å²) in [6.45, 7) is 5.88. The van der Waals surface area contributed by atoms with Gasteiger partial charge in [-0.05, 0) is 56.4 Å². The first-order chi connectivity index (χ1) is 15.0. The van der Waals surface area contributed by atoms with Gasteiger partial charge in [0.05, 0.1) is 10.5 Å². The second-order valence-corrected chi connectivity index (χ2v) is 9.94. The smallest absolute Gasteiger partial charge is 0.338 e. The Balaban J connectivity index is 2.33. The van der Waals surface area contributed by atoms with E-state index in [0.29, 0.717) is 24.8 Å². The molecule has 2 rings (SSSR count). The van der Waals surface area contributed by atoms with E-state index in [9.17, 15) is 13.2 Å². The van der Waals surface area contributed by atoms with E-state index in [2.05, 4.69) is 13.5 Å². The van der Waals surface area contributed by atoms with Gasteiger partial charge in [-0.1, -0.05) is 68.7 Å². The van der Waals surface area contributed by atoms with Crippen LogP contribution >= 0.6 is 0 Å². The van der Waals surface area contributed by atoms with E-state index in [1.807, 2.05) is 6.07 Å². The van der Waals surface area contributed by atoms with Gasteiger partial charge in [-0.2, -0.15) is 0 Å². The van der Waals surface area contributed by atoms with Gasteiger partial charge < -0.3 is 4.74 Å². The van der Waals surface area contributed by atoms with Crippen LogP contribution in [0.4, 0.5) is 0 Å². The van der Waals surface area contributed by atoms with Gasteiger partial charge in [0.25, 0.3) is 0 Å². The van der Waals surface area contributed by atoms with Gasteiger partial charge in [0, 0.05) is 0 Å². The molecular weight excluding hydrogens is 408 g/mol. The van der Waals surface area contributed by atoms with E-state index in [4.69, 9.17) is 4.74 Å². The van der Waals surface area contributed by atoms with Crippen LogP contribution in [-0.4, -0.2) is 25.7 Å². The van der Waals surface area contributed by atoms with Crippen LogP contribution in [0.25, 0.3) is 0 Å². The number of benzene rings is 2. The third-order valence-electron chi connectivity index (χ3n) is 5.39. The van der Waals surface area contributed by atoms with Gasteiger partial charge >= 0.3 is 5.97 Å². The maximum absolute atomic E-state index is 13.6. The summed E-state index contributed by atoms with van der Waals surface area (Å²) in [6, 6.07) is 17.2. The Morgan fingerprint density at radius 1 is 0.935 bits per heavy atom. The van der Waals surface area contributed by atoms with Crippen molar-refractivity contribution in [3.8, 4) is 0 Å². The second-order valence-electron chi connectivity index (χ2n) is 7.78. The normalized spacial score (nSPS) is 13.3. The van der Waals surface area contributed by atoms with Crippen LogP contribution in [0.2, 0.25) is 0 Å². The number of carbonyl (C=O) groups is 1. The first-order valence-corrected chi connectivity index (χ1v) is 12.7. The van der Waals surface area contributed by atoms with Crippen LogP contribution < -0.4 is 0 Å². The number of hydrogen-bond donors (Lipinski definition) is 0. The lowest BCUT2D eigenvalue weighted by atomic mass is 10.0. The summed E-state index contributed by atoms with van der Waals surface area (Å²) < 4.78 is 33.0. The molecule has 0 fully saturated rings. The van der Waals surface area contributed by atoms with Gasteiger partial charge in [0.1, 0.15) is 11.4 Å². The van der Waals surface area contributed by atoms with Crippen molar-refractivity contribution in [2.75, 3.05) is 0 Å². The van der Waals surface area contributed by atoms with Crippen molar-refractivity contribution in [2.24, 2.45) is 0 Å². The first-order valence-electron chi connectivity index (χ1n) is 11.2. The Hall–Kier alpha value is -2.40. The summed E-state index contributed by atoms with van der Waals surface area (Å²) >= 11 is 0. The fourth-order valence-corrected chi connectivity index (χ4v) is 5.62. The molecule has 5 heteroatoms. The molecule has 168 valence electrons. The number of allylic oxidation sites excluding steroid dienone is 1. The van der Waals surface area contributed by atoms with Crippen molar-refractivity contribution in [3.63, 3.8) is 0 Å². The fraction of sp³-hybridized carbons (Fsp3) is 0.423. The molecule has 2 unspecified atom stereocenters. The number of carbonyl (C=O) groups excluding carboxylic acids is 1. The van der Waals surface area contributed by atoms with Gasteiger partial charge in [0.2, 0.25) is 0 Å². The fourth-order valence-electron chi connectivity index (χ4n) is 3.66. The Kier molecular flexibility index (Phi) is 10.5. The van der Waals surface area contributed by atoms with Crippen LogP contribution in [-0.2, 0) is 14.6 Å². The molecule has 0 bridgehead atoms. The molecule has 0 spiro atoms. The molecule has 2 aromatic carbocycles. The van der Waals surface area contributed by atoms with E-state index in [-0.39, 0.29) is 4.90 Å². The van der Waals surface area contributed by atoms with Gasteiger partial charge in [-0.3, -0.25) is 0 Å². The Labute approximate surface area is 187 Å². The van der Waals surface area contributed by atoms with E-state index in [1.165, 1.54) is 0 Å². The van der Waals surface area contributed by atoms with E-state index >= 15 is 0 Å².